The van der Waals surface area contributed by atoms with Crippen molar-refractivity contribution in [3.63, 3.8) is 0 Å². The number of anilines is 1. The number of hydrogen-bond acceptors (Lipinski definition) is 4. The van der Waals surface area contributed by atoms with Gasteiger partial charge in [0.1, 0.15) is 11.5 Å². The summed E-state index contributed by atoms with van der Waals surface area (Å²) in [5, 5.41) is 21.2. The second kappa shape index (κ2) is 9.58. The van der Waals surface area contributed by atoms with Crippen LogP contribution in [0.25, 0.3) is 0 Å². The maximum atomic E-state index is 12.7. The summed E-state index contributed by atoms with van der Waals surface area (Å²) in [6.45, 7) is 1.95. The Kier molecular flexibility index (Phi) is 6.67. The van der Waals surface area contributed by atoms with E-state index in [1.165, 1.54) is 12.1 Å². The second-order valence-electron chi connectivity index (χ2n) is 6.80. The molecule has 1 amide bonds. The highest BCUT2D eigenvalue weighted by Crippen LogP contribution is 2.27. The molecule has 0 aliphatic carbocycles. The van der Waals surface area contributed by atoms with Crippen LogP contribution in [0.1, 0.15) is 45.5 Å². The van der Waals surface area contributed by atoms with Crippen LogP contribution in [-0.4, -0.2) is 28.1 Å². The number of carbonyl (C=O) groups is 3. The first-order chi connectivity index (χ1) is 14.9. The van der Waals surface area contributed by atoms with Crippen LogP contribution < -0.4 is 10.1 Å². The van der Waals surface area contributed by atoms with Crippen molar-refractivity contribution in [3.8, 4) is 11.5 Å². The molecule has 0 aliphatic heterocycles. The Labute approximate surface area is 178 Å². The molecular formula is C24H21NO6. The van der Waals surface area contributed by atoms with Crippen LogP contribution in [0.3, 0.4) is 0 Å². The highest BCUT2D eigenvalue weighted by molar-refractivity contribution is 6.02. The Morgan fingerprint density at radius 2 is 1.45 bits per heavy atom. The Morgan fingerprint density at radius 3 is 2.03 bits per heavy atom. The maximum Gasteiger partial charge on any atom is 0.336 e. The maximum absolute atomic E-state index is 12.7. The molecule has 3 rings (SSSR count). The normalized spacial score (nSPS) is 11.4. The molecule has 7 nitrogen and oxygen atoms in total. The van der Waals surface area contributed by atoms with Crippen molar-refractivity contribution in [2.24, 2.45) is 0 Å². The first-order valence-corrected chi connectivity index (χ1v) is 9.63. The number of aromatic carboxylic acids is 2. The van der Waals surface area contributed by atoms with Gasteiger partial charge in [-0.3, -0.25) is 4.79 Å². The fraction of sp³-hybridized carbons (Fsp3) is 0.125. The van der Waals surface area contributed by atoms with Gasteiger partial charge >= 0.3 is 11.9 Å². The number of benzene rings is 3. The fourth-order valence-electron chi connectivity index (χ4n) is 3.18. The Morgan fingerprint density at radius 1 is 0.839 bits per heavy atom. The summed E-state index contributed by atoms with van der Waals surface area (Å²) in [4.78, 5) is 35.1. The molecule has 0 aromatic heterocycles. The quantitative estimate of drug-likeness (QED) is 0.473. The zero-order chi connectivity index (χ0) is 22.4. The van der Waals surface area contributed by atoms with Gasteiger partial charge in [-0.1, -0.05) is 37.3 Å². The zero-order valence-corrected chi connectivity index (χ0v) is 16.7. The summed E-state index contributed by atoms with van der Waals surface area (Å²) in [5.41, 5.74) is 0.864. The van der Waals surface area contributed by atoms with E-state index in [1.807, 2.05) is 37.3 Å². The van der Waals surface area contributed by atoms with Crippen molar-refractivity contribution in [2.45, 2.75) is 19.3 Å². The van der Waals surface area contributed by atoms with E-state index in [0.717, 1.165) is 11.6 Å². The third-order valence-electron chi connectivity index (χ3n) is 4.74. The zero-order valence-electron chi connectivity index (χ0n) is 16.7. The first-order valence-electron chi connectivity index (χ1n) is 9.63. The topological polar surface area (TPSA) is 113 Å². The van der Waals surface area contributed by atoms with Crippen molar-refractivity contribution in [1.29, 1.82) is 0 Å². The minimum absolute atomic E-state index is 0.113. The minimum atomic E-state index is -1.36. The Bertz CT molecular complexity index is 1090. The standard InChI is InChI=1S/C24H21NO6/c1-2-19(15-6-4-3-5-7-15)22(26)25-16-8-10-17(11-9-16)31-18-12-13-20(23(27)28)21(14-18)24(29)30/h3-14,19H,2H2,1H3,(H,25,26)(H,27,28)(H,29,30). The van der Waals surface area contributed by atoms with Gasteiger partial charge in [-0.15, -0.1) is 0 Å². The van der Waals surface area contributed by atoms with E-state index in [2.05, 4.69) is 5.32 Å². The lowest BCUT2D eigenvalue weighted by molar-refractivity contribution is -0.117. The number of hydrogen-bond donors (Lipinski definition) is 3. The summed E-state index contributed by atoms with van der Waals surface area (Å²) in [7, 11) is 0. The summed E-state index contributed by atoms with van der Waals surface area (Å²) < 4.78 is 5.63. The smallest absolute Gasteiger partial charge is 0.336 e. The van der Waals surface area contributed by atoms with Gasteiger partial charge in [0.25, 0.3) is 0 Å². The van der Waals surface area contributed by atoms with Gasteiger partial charge < -0.3 is 20.3 Å². The minimum Gasteiger partial charge on any atom is -0.478 e. The van der Waals surface area contributed by atoms with E-state index in [9.17, 15) is 19.5 Å². The average Bonchev–Trinajstić information content (AvgIpc) is 2.76. The molecule has 0 fully saturated rings. The molecule has 0 heterocycles. The molecule has 0 aliphatic rings. The lowest BCUT2D eigenvalue weighted by Crippen LogP contribution is -2.20. The molecule has 31 heavy (non-hydrogen) atoms. The molecule has 3 N–H and O–H groups in total. The molecule has 7 heteroatoms. The van der Waals surface area contributed by atoms with Crippen LogP contribution in [0.15, 0.2) is 72.8 Å². The predicted octanol–water partition coefficient (Wildman–Crippen LogP) is 5.01. The van der Waals surface area contributed by atoms with E-state index in [0.29, 0.717) is 17.9 Å². The lowest BCUT2D eigenvalue weighted by Gasteiger charge is -2.15. The number of carbonyl (C=O) groups excluding carboxylic acids is 1. The van der Waals surface area contributed by atoms with Crippen LogP contribution in [0.4, 0.5) is 5.69 Å². The van der Waals surface area contributed by atoms with Gasteiger partial charge in [-0.05, 0) is 54.4 Å². The van der Waals surface area contributed by atoms with Gasteiger partial charge in [0.05, 0.1) is 17.0 Å². The number of ether oxygens (including phenoxy) is 1. The summed E-state index contributed by atoms with van der Waals surface area (Å²) in [6, 6.07) is 19.9. The monoisotopic (exact) mass is 419 g/mol. The van der Waals surface area contributed by atoms with Crippen LogP contribution in [-0.2, 0) is 4.79 Å². The van der Waals surface area contributed by atoms with Gasteiger partial charge in [-0.25, -0.2) is 9.59 Å². The molecular weight excluding hydrogens is 398 g/mol. The third-order valence-corrected chi connectivity index (χ3v) is 4.74. The molecule has 0 saturated carbocycles. The number of amides is 1. The highest BCUT2D eigenvalue weighted by Gasteiger charge is 2.19. The lowest BCUT2D eigenvalue weighted by atomic mass is 9.95. The molecule has 3 aromatic rings. The first kappa shape index (κ1) is 21.6. The number of rotatable bonds is 8. The van der Waals surface area contributed by atoms with Gasteiger partial charge in [0.15, 0.2) is 0 Å². The molecule has 0 spiro atoms. The Hall–Kier alpha value is -4.13. The van der Waals surface area contributed by atoms with E-state index in [4.69, 9.17) is 9.84 Å². The van der Waals surface area contributed by atoms with Gasteiger partial charge in [0.2, 0.25) is 5.91 Å². The van der Waals surface area contributed by atoms with Crippen LogP contribution in [0.2, 0.25) is 0 Å². The van der Waals surface area contributed by atoms with Crippen molar-refractivity contribution >= 4 is 23.5 Å². The summed E-state index contributed by atoms with van der Waals surface area (Å²) in [6.07, 6.45) is 0.662. The number of nitrogens with one attached hydrogen (secondary N) is 1. The molecule has 3 aromatic carbocycles. The SMILES string of the molecule is CCC(C(=O)Nc1ccc(Oc2ccc(C(=O)O)c(C(=O)O)c2)cc1)c1ccccc1. The van der Waals surface area contributed by atoms with Crippen molar-refractivity contribution in [3.05, 3.63) is 89.5 Å². The third kappa shape index (κ3) is 5.27. The fourth-order valence-corrected chi connectivity index (χ4v) is 3.18. The van der Waals surface area contributed by atoms with Gasteiger partial charge in [0, 0.05) is 5.69 Å². The molecule has 0 saturated heterocycles. The van der Waals surface area contributed by atoms with Crippen molar-refractivity contribution in [2.75, 3.05) is 5.32 Å². The molecule has 1 atom stereocenters. The van der Waals surface area contributed by atoms with Crippen molar-refractivity contribution < 1.29 is 29.3 Å². The van der Waals surface area contributed by atoms with Gasteiger partial charge in [-0.2, -0.15) is 0 Å². The van der Waals surface area contributed by atoms with E-state index < -0.39 is 11.9 Å². The largest absolute Gasteiger partial charge is 0.478 e. The molecule has 1 unspecified atom stereocenters. The van der Waals surface area contributed by atoms with Crippen LogP contribution >= 0.6 is 0 Å². The molecule has 0 radical (unpaired) electrons. The highest BCUT2D eigenvalue weighted by atomic mass is 16.5. The number of carboxylic acid groups (broad SMARTS) is 2. The Balaban J connectivity index is 1.70. The van der Waals surface area contributed by atoms with Crippen LogP contribution in [0.5, 0.6) is 11.5 Å². The summed E-state index contributed by atoms with van der Waals surface area (Å²) in [5.74, 6) is -2.46. The summed E-state index contributed by atoms with van der Waals surface area (Å²) >= 11 is 0. The van der Waals surface area contributed by atoms with E-state index in [1.54, 1.807) is 24.3 Å². The van der Waals surface area contributed by atoms with E-state index in [-0.39, 0.29) is 28.7 Å². The van der Waals surface area contributed by atoms with E-state index >= 15 is 0 Å². The average molecular weight is 419 g/mol. The molecule has 158 valence electrons. The van der Waals surface area contributed by atoms with Crippen LogP contribution in [0, 0.1) is 0 Å². The second-order valence-corrected chi connectivity index (χ2v) is 6.80. The van der Waals surface area contributed by atoms with Crippen molar-refractivity contribution in [1.82, 2.24) is 0 Å². The predicted molar refractivity (Wildman–Crippen MR) is 115 cm³/mol. The molecule has 0 bridgehead atoms. The number of carboxylic acids is 2.